The van der Waals surface area contributed by atoms with Crippen LogP contribution in [-0.4, -0.2) is 48.4 Å². The van der Waals surface area contributed by atoms with E-state index < -0.39 is 0 Å². The number of hydrogen-bond donors (Lipinski definition) is 0. The van der Waals surface area contributed by atoms with Crippen LogP contribution in [0, 0.1) is 0 Å². The Kier molecular flexibility index (Phi) is 4.34. The third-order valence-corrected chi connectivity index (χ3v) is 3.81. The van der Waals surface area contributed by atoms with Gasteiger partial charge >= 0.3 is 0 Å². The largest absolute Gasteiger partial charge is 0.496 e. The molecule has 1 amide bonds. The van der Waals surface area contributed by atoms with Crippen molar-refractivity contribution in [1.82, 2.24) is 10.1 Å². The normalized spacial score (nSPS) is 21.3. The second-order valence-electron chi connectivity index (χ2n) is 5.74. The maximum Gasteiger partial charge on any atom is 0.276 e. The topological polar surface area (TPSA) is 64.8 Å². The van der Waals surface area contributed by atoms with Crippen LogP contribution in [0.4, 0.5) is 0 Å². The van der Waals surface area contributed by atoms with Crippen LogP contribution < -0.4 is 4.74 Å². The van der Waals surface area contributed by atoms with Gasteiger partial charge in [0, 0.05) is 19.2 Å². The maximum absolute atomic E-state index is 12.6. The van der Waals surface area contributed by atoms with Gasteiger partial charge in [0.15, 0.2) is 11.5 Å². The van der Waals surface area contributed by atoms with Crippen LogP contribution in [0.25, 0.3) is 11.3 Å². The van der Waals surface area contributed by atoms with E-state index in [2.05, 4.69) is 5.16 Å². The van der Waals surface area contributed by atoms with Crippen molar-refractivity contribution in [3.63, 3.8) is 0 Å². The average molecular weight is 316 g/mol. The van der Waals surface area contributed by atoms with Crippen LogP contribution in [0.1, 0.15) is 24.3 Å². The van der Waals surface area contributed by atoms with E-state index in [1.807, 2.05) is 38.1 Å². The van der Waals surface area contributed by atoms with Crippen LogP contribution in [0.5, 0.6) is 5.75 Å². The van der Waals surface area contributed by atoms with Crippen LogP contribution >= 0.6 is 0 Å². The Morgan fingerprint density at radius 3 is 2.65 bits per heavy atom. The molecule has 6 heteroatoms. The Hall–Kier alpha value is -2.34. The standard InChI is InChI=1S/C17H20N2O4/c1-11-9-19(10-12(2)22-11)17(20)14-8-16(23-18-14)13-6-4-5-7-15(13)21-3/h4-8,11-12H,9-10H2,1-3H3. The number of hydrogen-bond acceptors (Lipinski definition) is 5. The average Bonchev–Trinajstić information content (AvgIpc) is 3.03. The number of methoxy groups -OCH3 is 1. The van der Waals surface area contributed by atoms with Gasteiger partial charge in [0.25, 0.3) is 5.91 Å². The van der Waals surface area contributed by atoms with Gasteiger partial charge in [-0.25, -0.2) is 0 Å². The van der Waals surface area contributed by atoms with E-state index in [9.17, 15) is 4.79 Å². The lowest BCUT2D eigenvalue weighted by atomic mass is 10.1. The van der Waals surface area contributed by atoms with Gasteiger partial charge in [-0.3, -0.25) is 4.79 Å². The lowest BCUT2D eigenvalue weighted by Crippen LogP contribution is -2.48. The van der Waals surface area contributed by atoms with Gasteiger partial charge in [0.2, 0.25) is 0 Å². The molecule has 6 nitrogen and oxygen atoms in total. The van der Waals surface area contributed by atoms with Crippen molar-refractivity contribution in [2.45, 2.75) is 26.1 Å². The first kappa shape index (κ1) is 15.6. The molecule has 122 valence electrons. The van der Waals surface area contributed by atoms with E-state index in [0.29, 0.717) is 30.3 Å². The third kappa shape index (κ3) is 3.22. The number of benzene rings is 1. The highest BCUT2D eigenvalue weighted by Gasteiger charge is 2.28. The zero-order valence-electron chi connectivity index (χ0n) is 13.5. The fraction of sp³-hybridized carbons (Fsp3) is 0.412. The van der Waals surface area contributed by atoms with Crippen molar-refractivity contribution < 1.29 is 18.8 Å². The molecule has 1 saturated heterocycles. The summed E-state index contributed by atoms with van der Waals surface area (Å²) in [4.78, 5) is 14.4. The Bertz CT molecular complexity index is 687. The first-order valence-corrected chi connectivity index (χ1v) is 7.63. The van der Waals surface area contributed by atoms with Crippen LogP contribution in [0.15, 0.2) is 34.9 Å². The number of aromatic nitrogens is 1. The number of ether oxygens (including phenoxy) is 2. The highest BCUT2D eigenvalue weighted by molar-refractivity contribution is 5.93. The van der Waals surface area contributed by atoms with Gasteiger partial charge in [0.1, 0.15) is 5.75 Å². The Balaban J connectivity index is 1.83. The molecule has 1 aliphatic heterocycles. The number of carbonyl (C=O) groups excluding carboxylic acids is 1. The summed E-state index contributed by atoms with van der Waals surface area (Å²) in [6.45, 7) is 5.03. The highest BCUT2D eigenvalue weighted by atomic mass is 16.5. The molecule has 2 aromatic rings. The molecule has 0 radical (unpaired) electrons. The molecule has 1 aromatic carbocycles. The Morgan fingerprint density at radius 2 is 1.96 bits per heavy atom. The molecule has 3 rings (SSSR count). The van der Waals surface area contributed by atoms with Gasteiger partial charge in [0.05, 0.1) is 24.9 Å². The summed E-state index contributed by atoms with van der Waals surface area (Å²) >= 11 is 0. The van der Waals surface area contributed by atoms with Gasteiger partial charge in [-0.2, -0.15) is 0 Å². The van der Waals surface area contributed by atoms with Crippen LogP contribution in [-0.2, 0) is 4.74 Å². The second-order valence-corrected chi connectivity index (χ2v) is 5.74. The Labute approximate surface area is 135 Å². The molecule has 0 spiro atoms. The molecule has 1 aliphatic rings. The minimum atomic E-state index is -0.142. The number of carbonyl (C=O) groups is 1. The first-order chi connectivity index (χ1) is 11.1. The predicted molar refractivity (Wildman–Crippen MR) is 84.4 cm³/mol. The lowest BCUT2D eigenvalue weighted by Gasteiger charge is -2.34. The minimum absolute atomic E-state index is 0.0169. The summed E-state index contributed by atoms with van der Waals surface area (Å²) < 4.78 is 16.3. The summed E-state index contributed by atoms with van der Waals surface area (Å²) in [7, 11) is 1.60. The maximum atomic E-state index is 12.6. The molecule has 0 saturated carbocycles. The smallest absolute Gasteiger partial charge is 0.276 e. The van der Waals surface area contributed by atoms with E-state index in [4.69, 9.17) is 14.0 Å². The predicted octanol–water partition coefficient (Wildman–Crippen LogP) is 2.60. The summed E-state index contributed by atoms with van der Waals surface area (Å²) in [5.41, 5.74) is 1.07. The van der Waals surface area contributed by atoms with Gasteiger partial charge in [-0.1, -0.05) is 17.3 Å². The molecular weight excluding hydrogens is 296 g/mol. The fourth-order valence-electron chi connectivity index (χ4n) is 2.86. The number of rotatable bonds is 3. The summed E-state index contributed by atoms with van der Waals surface area (Å²) in [6, 6.07) is 9.12. The summed E-state index contributed by atoms with van der Waals surface area (Å²) in [5, 5.41) is 3.93. The zero-order valence-corrected chi connectivity index (χ0v) is 13.5. The van der Waals surface area contributed by atoms with E-state index in [-0.39, 0.29) is 18.1 Å². The van der Waals surface area contributed by atoms with Gasteiger partial charge in [-0.05, 0) is 26.0 Å². The molecule has 0 aliphatic carbocycles. The van der Waals surface area contributed by atoms with E-state index in [1.54, 1.807) is 18.1 Å². The molecule has 0 bridgehead atoms. The van der Waals surface area contributed by atoms with Crippen molar-refractivity contribution in [3.05, 3.63) is 36.0 Å². The fourth-order valence-corrected chi connectivity index (χ4v) is 2.86. The Morgan fingerprint density at radius 1 is 1.26 bits per heavy atom. The minimum Gasteiger partial charge on any atom is -0.496 e. The molecule has 1 aromatic heterocycles. The van der Waals surface area contributed by atoms with Crippen molar-refractivity contribution in [2.24, 2.45) is 0 Å². The molecule has 1 fully saturated rings. The van der Waals surface area contributed by atoms with Crippen LogP contribution in [0.2, 0.25) is 0 Å². The van der Waals surface area contributed by atoms with Crippen molar-refractivity contribution in [2.75, 3.05) is 20.2 Å². The summed E-state index contributed by atoms with van der Waals surface area (Å²) in [6.07, 6.45) is 0.0339. The zero-order chi connectivity index (χ0) is 16.4. The summed E-state index contributed by atoms with van der Waals surface area (Å²) in [5.74, 6) is 1.05. The second kappa shape index (κ2) is 6.42. The number of morpholine rings is 1. The number of amides is 1. The van der Waals surface area contributed by atoms with E-state index in [1.165, 1.54) is 0 Å². The van der Waals surface area contributed by atoms with Crippen LogP contribution in [0.3, 0.4) is 0 Å². The third-order valence-electron chi connectivity index (χ3n) is 3.81. The van der Waals surface area contributed by atoms with Gasteiger partial charge < -0.3 is 18.9 Å². The van der Waals surface area contributed by atoms with Crippen molar-refractivity contribution in [3.8, 4) is 17.1 Å². The highest BCUT2D eigenvalue weighted by Crippen LogP contribution is 2.30. The number of nitrogens with zero attached hydrogens (tertiary/aromatic N) is 2. The lowest BCUT2D eigenvalue weighted by molar-refractivity contribution is -0.0588. The molecule has 2 atom stereocenters. The SMILES string of the molecule is COc1ccccc1-c1cc(C(=O)N2CC(C)OC(C)C2)no1. The van der Waals surface area contributed by atoms with E-state index in [0.717, 1.165) is 5.56 Å². The van der Waals surface area contributed by atoms with E-state index >= 15 is 0 Å². The quantitative estimate of drug-likeness (QED) is 0.871. The molecule has 0 N–H and O–H groups in total. The molecule has 23 heavy (non-hydrogen) atoms. The molecule has 2 unspecified atom stereocenters. The molecule has 2 heterocycles. The van der Waals surface area contributed by atoms with Crippen molar-refractivity contribution >= 4 is 5.91 Å². The number of para-hydroxylation sites is 1. The van der Waals surface area contributed by atoms with Gasteiger partial charge in [-0.15, -0.1) is 0 Å². The first-order valence-electron chi connectivity index (χ1n) is 7.63. The molecular formula is C17H20N2O4. The van der Waals surface area contributed by atoms with Crippen molar-refractivity contribution in [1.29, 1.82) is 0 Å². The monoisotopic (exact) mass is 316 g/mol.